The Hall–Kier alpha value is -0.990. The van der Waals surface area contributed by atoms with Crippen LogP contribution in [-0.4, -0.2) is 29.7 Å². The van der Waals surface area contributed by atoms with Crippen molar-refractivity contribution < 1.29 is 32.1 Å². The van der Waals surface area contributed by atoms with E-state index in [1.807, 2.05) is 0 Å². The van der Waals surface area contributed by atoms with Crippen LogP contribution in [0.5, 0.6) is 5.75 Å². The van der Waals surface area contributed by atoms with Gasteiger partial charge in [-0.1, -0.05) is 0 Å². The highest BCUT2D eigenvalue weighted by atomic mass is 32.2. The first kappa shape index (κ1) is 15.9. The van der Waals surface area contributed by atoms with Gasteiger partial charge in [0.15, 0.2) is 6.10 Å². The van der Waals surface area contributed by atoms with Gasteiger partial charge in [-0.05, 0) is 23.9 Å². The van der Waals surface area contributed by atoms with Crippen molar-refractivity contribution in [1.29, 1.82) is 0 Å². The molecule has 0 aliphatic carbocycles. The van der Waals surface area contributed by atoms with Crippen LogP contribution in [0, 0.1) is 0 Å². The molecule has 0 spiro atoms. The minimum atomic E-state index is -3.51. The zero-order valence-electron chi connectivity index (χ0n) is 11.4. The second-order valence-electron chi connectivity index (χ2n) is 5.19. The average molecular weight is 338 g/mol. The van der Waals surface area contributed by atoms with Gasteiger partial charge < -0.3 is 14.6 Å². The van der Waals surface area contributed by atoms with E-state index in [9.17, 15) is 22.7 Å². The summed E-state index contributed by atoms with van der Waals surface area (Å²) in [6.07, 6.45) is -4.46. The lowest BCUT2D eigenvalue weighted by atomic mass is 10.0. The van der Waals surface area contributed by atoms with E-state index in [0.717, 1.165) is 0 Å². The Kier molecular flexibility index (Phi) is 4.26. The van der Waals surface area contributed by atoms with Gasteiger partial charge in [0.25, 0.3) is 6.43 Å². The number of aliphatic hydroxyl groups excluding tert-OH is 1. The predicted octanol–water partition coefficient (Wildman–Crippen LogP) is 3.91. The molecule has 3 rings (SSSR count). The van der Waals surface area contributed by atoms with Gasteiger partial charge in [0.2, 0.25) is 0 Å². The van der Waals surface area contributed by atoms with Crippen molar-refractivity contribution in [3.05, 3.63) is 23.3 Å². The number of ether oxygens (including phenoxy) is 2. The number of fused-ring (bicyclic) bond motifs is 1. The summed E-state index contributed by atoms with van der Waals surface area (Å²) in [6.45, 7) is 0.937. The molecule has 0 bridgehead atoms. The molecular formula is C14H14F4O3S. The number of halogens is 4. The monoisotopic (exact) mass is 338 g/mol. The van der Waals surface area contributed by atoms with Crippen LogP contribution in [-0.2, 0) is 4.74 Å². The third kappa shape index (κ3) is 2.79. The maximum Gasteiger partial charge on any atom is 0.327 e. The van der Waals surface area contributed by atoms with E-state index < -0.39 is 28.9 Å². The summed E-state index contributed by atoms with van der Waals surface area (Å²) < 4.78 is 64.7. The maximum atomic E-state index is 13.6. The molecule has 1 unspecified atom stereocenters. The van der Waals surface area contributed by atoms with E-state index in [4.69, 9.17) is 9.47 Å². The first-order valence-electron chi connectivity index (χ1n) is 6.84. The molecule has 2 aliphatic heterocycles. The summed E-state index contributed by atoms with van der Waals surface area (Å²) in [5.41, 5.74) is -1.06. The van der Waals surface area contributed by atoms with Crippen LogP contribution in [0.2, 0.25) is 0 Å². The summed E-state index contributed by atoms with van der Waals surface area (Å²) >= 11 is 0.0956. The van der Waals surface area contributed by atoms with Crippen LogP contribution < -0.4 is 4.74 Å². The van der Waals surface area contributed by atoms with E-state index in [1.165, 1.54) is 12.1 Å². The Morgan fingerprint density at radius 2 is 1.95 bits per heavy atom. The Balaban J connectivity index is 1.97. The van der Waals surface area contributed by atoms with Crippen LogP contribution >= 0.6 is 11.8 Å². The Morgan fingerprint density at radius 3 is 2.59 bits per heavy atom. The maximum absolute atomic E-state index is 13.6. The standard InChI is InChI=1S/C14H14F4O3S/c15-13(16)10-8(21-7-3-5-20-6-4-7)1-2-9-11(10)12(19)14(17,18)22-9/h1-2,7,12-13,19H,3-6H2. The SMILES string of the molecule is OC1c2c(ccc(OC3CCOCC3)c2C(F)F)SC1(F)F. The van der Waals surface area contributed by atoms with Gasteiger partial charge in [-0.2, -0.15) is 8.78 Å². The fraction of sp³-hybridized carbons (Fsp3) is 0.571. The molecule has 1 atom stereocenters. The predicted molar refractivity (Wildman–Crippen MR) is 71.6 cm³/mol. The molecule has 0 saturated carbocycles. The van der Waals surface area contributed by atoms with Crippen LogP contribution in [0.1, 0.15) is 36.5 Å². The van der Waals surface area contributed by atoms with Crippen molar-refractivity contribution in [2.45, 2.75) is 41.6 Å². The first-order chi connectivity index (χ1) is 10.4. The highest BCUT2D eigenvalue weighted by Crippen LogP contribution is 2.57. The van der Waals surface area contributed by atoms with Crippen LogP contribution in [0.4, 0.5) is 17.6 Å². The number of hydrogen-bond donors (Lipinski definition) is 1. The molecular weight excluding hydrogens is 324 g/mol. The smallest absolute Gasteiger partial charge is 0.327 e. The van der Waals surface area contributed by atoms with Crippen LogP contribution in [0.15, 0.2) is 17.0 Å². The largest absolute Gasteiger partial charge is 0.490 e. The molecule has 1 N–H and O–H groups in total. The molecule has 1 aromatic carbocycles. The second kappa shape index (κ2) is 5.90. The van der Waals surface area contributed by atoms with Gasteiger partial charge in [-0.3, -0.25) is 0 Å². The normalized spacial score (nSPS) is 24.5. The number of thioether (sulfide) groups is 1. The Bertz CT molecular complexity index is 561. The summed E-state index contributed by atoms with van der Waals surface area (Å²) in [5, 5.41) is 6.18. The molecule has 0 radical (unpaired) electrons. The number of benzene rings is 1. The van der Waals surface area contributed by atoms with Crippen molar-refractivity contribution in [3.8, 4) is 5.75 Å². The summed E-state index contributed by atoms with van der Waals surface area (Å²) in [5.74, 6) is -0.141. The summed E-state index contributed by atoms with van der Waals surface area (Å²) in [4.78, 5) is -0.0351. The highest BCUT2D eigenvalue weighted by molar-refractivity contribution is 8.00. The third-order valence-corrected chi connectivity index (χ3v) is 4.80. The van der Waals surface area contributed by atoms with Gasteiger partial charge in [0, 0.05) is 23.3 Å². The quantitative estimate of drug-likeness (QED) is 0.848. The minimum absolute atomic E-state index is 0.0351. The fourth-order valence-corrected chi connectivity index (χ4v) is 3.63. The lowest BCUT2D eigenvalue weighted by molar-refractivity contribution is -0.0330. The summed E-state index contributed by atoms with van der Waals surface area (Å²) in [7, 11) is 0. The van der Waals surface area contributed by atoms with Crippen molar-refractivity contribution in [2.24, 2.45) is 0 Å². The van der Waals surface area contributed by atoms with Gasteiger partial charge in [0.1, 0.15) is 11.9 Å². The third-order valence-electron chi connectivity index (χ3n) is 3.73. The zero-order valence-corrected chi connectivity index (χ0v) is 12.2. The van der Waals surface area contributed by atoms with E-state index in [-0.39, 0.29) is 28.5 Å². The van der Waals surface area contributed by atoms with E-state index in [2.05, 4.69) is 0 Å². The van der Waals surface area contributed by atoms with Crippen molar-refractivity contribution >= 4 is 11.8 Å². The van der Waals surface area contributed by atoms with Crippen molar-refractivity contribution in [2.75, 3.05) is 13.2 Å². The fourth-order valence-electron chi connectivity index (χ4n) is 2.64. The first-order valence-corrected chi connectivity index (χ1v) is 7.66. The molecule has 122 valence electrons. The van der Waals surface area contributed by atoms with E-state index >= 15 is 0 Å². The Labute approximate surface area is 128 Å². The van der Waals surface area contributed by atoms with Gasteiger partial charge >= 0.3 is 5.25 Å². The van der Waals surface area contributed by atoms with Crippen molar-refractivity contribution in [3.63, 3.8) is 0 Å². The second-order valence-corrected chi connectivity index (χ2v) is 6.37. The van der Waals surface area contributed by atoms with Crippen LogP contribution in [0.25, 0.3) is 0 Å². The number of aliphatic hydroxyl groups is 1. The number of alkyl halides is 4. The lowest BCUT2D eigenvalue weighted by Crippen LogP contribution is -2.26. The van der Waals surface area contributed by atoms with Crippen molar-refractivity contribution in [1.82, 2.24) is 0 Å². The minimum Gasteiger partial charge on any atom is -0.490 e. The molecule has 2 heterocycles. The van der Waals surface area contributed by atoms with E-state index in [0.29, 0.717) is 26.1 Å². The molecule has 1 saturated heterocycles. The highest BCUT2D eigenvalue weighted by Gasteiger charge is 2.50. The number of rotatable bonds is 3. The van der Waals surface area contributed by atoms with E-state index in [1.54, 1.807) is 0 Å². The molecule has 2 aliphatic rings. The molecule has 3 nitrogen and oxygen atoms in total. The molecule has 22 heavy (non-hydrogen) atoms. The van der Waals surface area contributed by atoms with Gasteiger partial charge in [0.05, 0.1) is 18.8 Å². The Morgan fingerprint density at radius 1 is 1.27 bits per heavy atom. The van der Waals surface area contributed by atoms with Gasteiger partial charge in [-0.25, -0.2) is 8.78 Å². The average Bonchev–Trinajstić information content (AvgIpc) is 2.70. The summed E-state index contributed by atoms with van der Waals surface area (Å²) in [6, 6.07) is 2.57. The van der Waals surface area contributed by atoms with Crippen LogP contribution in [0.3, 0.4) is 0 Å². The lowest BCUT2D eigenvalue weighted by Gasteiger charge is -2.25. The molecule has 8 heteroatoms. The van der Waals surface area contributed by atoms with Gasteiger partial charge in [-0.15, -0.1) is 0 Å². The topological polar surface area (TPSA) is 38.7 Å². The molecule has 0 amide bonds. The zero-order chi connectivity index (χ0) is 15.9. The molecule has 0 aromatic heterocycles. The molecule has 1 fully saturated rings. The molecule has 1 aromatic rings. The number of hydrogen-bond acceptors (Lipinski definition) is 4.